The van der Waals surface area contributed by atoms with Crippen molar-refractivity contribution in [2.75, 3.05) is 14.2 Å². The molecule has 10 nitrogen and oxygen atoms in total. The van der Waals surface area contributed by atoms with Crippen LogP contribution >= 0.6 is 0 Å². The zero-order valence-corrected chi connectivity index (χ0v) is 18.4. The zero-order valence-electron chi connectivity index (χ0n) is 18.4. The van der Waals surface area contributed by atoms with Gasteiger partial charge in [-0.1, -0.05) is 24.3 Å². The van der Waals surface area contributed by atoms with E-state index in [1.165, 1.54) is 12.1 Å². The van der Waals surface area contributed by atoms with E-state index in [2.05, 4.69) is 10.1 Å². The van der Waals surface area contributed by atoms with Gasteiger partial charge in [0.15, 0.2) is 6.10 Å². The number of hydrogen-bond donors (Lipinski definition) is 2. The van der Waals surface area contributed by atoms with Crippen LogP contribution in [0.25, 0.3) is 0 Å². The minimum Gasteiger partial charge on any atom is -0.469 e. The Balaban J connectivity index is 2.36. The molecular formula is C22H21F3N2O8. The number of rotatable bonds is 9. The Labute approximate surface area is 196 Å². The Hall–Kier alpha value is -4.00. The summed E-state index contributed by atoms with van der Waals surface area (Å²) in [5.41, 5.74) is -1.20. The highest BCUT2D eigenvalue weighted by Crippen LogP contribution is 2.31. The molecule has 2 N–H and O–H groups in total. The summed E-state index contributed by atoms with van der Waals surface area (Å²) in [5.74, 6) is -4.07. The number of alkyl halides is 3. The van der Waals surface area contributed by atoms with Gasteiger partial charge in [-0.25, -0.2) is 4.79 Å². The number of benzene rings is 2. The highest BCUT2D eigenvalue weighted by molar-refractivity contribution is 5.88. The number of non-ortho nitro benzene ring substituents is 1. The van der Waals surface area contributed by atoms with Crippen molar-refractivity contribution >= 4 is 23.5 Å². The number of nitro groups is 1. The number of aliphatic hydroxyl groups is 1. The van der Waals surface area contributed by atoms with Gasteiger partial charge in [0.05, 0.1) is 31.1 Å². The predicted octanol–water partition coefficient (Wildman–Crippen LogP) is 2.65. The number of carbonyl (C=O) groups is 3. The maximum absolute atomic E-state index is 12.8. The van der Waals surface area contributed by atoms with Crippen LogP contribution in [-0.4, -0.2) is 48.1 Å². The van der Waals surface area contributed by atoms with Gasteiger partial charge in [0.1, 0.15) is 6.04 Å². The number of methoxy groups -OCH3 is 2. The van der Waals surface area contributed by atoms with Gasteiger partial charge in [-0.3, -0.25) is 19.7 Å². The quantitative estimate of drug-likeness (QED) is 0.305. The Morgan fingerprint density at radius 1 is 1.00 bits per heavy atom. The Kier molecular flexibility index (Phi) is 8.89. The minimum atomic E-state index is -4.62. The smallest absolute Gasteiger partial charge is 0.416 e. The Morgan fingerprint density at radius 2 is 1.54 bits per heavy atom. The number of nitrogens with zero attached hydrogens (tertiary/aromatic N) is 1. The zero-order chi connectivity index (χ0) is 26.3. The first-order valence-corrected chi connectivity index (χ1v) is 9.93. The number of halogens is 3. The molecule has 0 aliphatic carbocycles. The third kappa shape index (κ3) is 6.99. The number of carbonyl (C=O) groups excluding carboxylic acids is 3. The highest BCUT2D eigenvalue weighted by Gasteiger charge is 2.36. The van der Waals surface area contributed by atoms with Crippen molar-refractivity contribution in [3.63, 3.8) is 0 Å². The second kappa shape index (κ2) is 11.4. The van der Waals surface area contributed by atoms with E-state index in [1.54, 1.807) is 0 Å². The van der Waals surface area contributed by atoms with E-state index < -0.39 is 59.0 Å². The summed E-state index contributed by atoms with van der Waals surface area (Å²) in [7, 11) is 2.11. The van der Waals surface area contributed by atoms with E-state index in [-0.39, 0.29) is 16.8 Å². The number of amides is 1. The molecule has 0 bridgehead atoms. The van der Waals surface area contributed by atoms with Gasteiger partial charge in [-0.15, -0.1) is 0 Å². The summed E-state index contributed by atoms with van der Waals surface area (Å²) in [6.07, 6.45) is -7.03. The van der Waals surface area contributed by atoms with Gasteiger partial charge >= 0.3 is 18.1 Å². The van der Waals surface area contributed by atoms with Crippen molar-refractivity contribution < 1.29 is 47.1 Å². The maximum Gasteiger partial charge on any atom is 0.416 e. The van der Waals surface area contributed by atoms with Crippen molar-refractivity contribution in [1.29, 1.82) is 0 Å². The second-order valence-electron chi connectivity index (χ2n) is 7.27. The highest BCUT2D eigenvalue weighted by atomic mass is 19.4. The fraction of sp³-hybridized carbons (Fsp3) is 0.318. The number of ether oxygens (including phenoxy) is 2. The summed E-state index contributed by atoms with van der Waals surface area (Å²) in [4.78, 5) is 47.5. The maximum atomic E-state index is 12.8. The predicted molar refractivity (Wildman–Crippen MR) is 113 cm³/mol. The van der Waals surface area contributed by atoms with Gasteiger partial charge in [0.2, 0.25) is 0 Å². The van der Waals surface area contributed by atoms with Crippen LogP contribution in [0, 0.1) is 10.1 Å². The van der Waals surface area contributed by atoms with Crippen LogP contribution < -0.4 is 5.32 Å². The van der Waals surface area contributed by atoms with Crippen LogP contribution in [0.15, 0.2) is 48.5 Å². The number of hydrogen-bond acceptors (Lipinski definition) is 8. The molecule has 35 heavy (non-hydrogen) atoms. The Bertz CT molecular complexity index is 1070. The van der Waals surface area contributed by atoms with Gasteiger partial charge in [0.25, 0.3) is 11.6 Å². The standard InChI is InChI=1S/C22H21F3N2O8/c1-34-17(28)11-16(12-5-9-15(10-6-12)27(32)33)18(21(31)35-2)26-20(30)19(29)13-3-7-14(8-4-13)22(23,24)25/h3-10,16,18-19,29H,11H2,1-2H3,(H,26,30)/t16-,18+,19-/m1/s1. The van der Waals surface area contributed by atoms with E-state index in [0.717, 1.165) is 38.5 Å². The molecule has 2 aromatic carbocycles. The molecule has 0 saturated carbocycles. The monoisotopic (exact) mass is 498 g/mol. The van der Waals surface area contributed by atoms with Gasteiger partial charge in [-0.2, -0.15) is 13.2 Å². The molecule has 188 valence electrons. The van der Waals surface area contributed by atoms with E-state index in [4.69, 9.17) is 4.74 Å². The van der Waals surface area contributed by atoms with E-state index in [0.29, 0.717) is 12.1 Å². The first-order valence-electron chi connectivity index (χ1n) is 9.93. The SMILES string of the molecule is COC(=O)C[C@H](c1ccc([N+](=O)[O-])cc1)[C@H](NC(=O)[C@H](O)c1ccc(C(F)(F)F)cc1)C(=O)OC. The van der Waals surface area contributed by atoms with Crippen molar-refractivity contribution in [3.8, 4) is 0 Å². The molecule has 3 atom stereocenters. The third-order valence-electron chi connectivity index (χ3n) is 5.10. The van der Waals surface area contributed by atoms with Crippen LogP contribution in [0.2, 0.25) is 0 Å². The minimum absolute atomic E-state index is 0.182. The molecule has 0 spiro atoms. The van der Waals surface area contributed by atoms with Crippen LogP contribution in [-0.2, 0) is 30.0 Å². The molecule has 0 aliphatic rings. The molecule has 2 aromatic rings. The van der Waals surface area contributed by atoms with Crippen LogP contribution in [0.4, 0.5) is 18.9 Å². The van der Waals surface area contributed by atoms with Crippen LogP contribution in [0.5, 0.6) is 0 Å². The molecule has 2 rings (SSSR count). The number of nitro benzene ring substituents is 1. The normalized spacial score (nSPS) is 13.8. The number of nitrogens with one attached hydrogen (secondary N) is 1. The van der Waals surface area contributed by atoms with Crippen molar-refractivity contribution in [2.24, 2.45) is 0 Å². The first kappa shape index (κ1) is 27.2. The summed E-state index contributed by atoms with van der Waals surface area (Å²) in [6, 6.07) is 6.43. The molecule has 0 radical (unpaired) electrons. The summed E-state index contributed by atoms with van der Waals surface area (Å²) in [6.45, 7) is 0. The fourth-order valence-corrected chi connectivity index (χ4v) is 3.22. The van der Waals surface area contributed by atoms with Gasteiger partial charge < -0.3 is 19.9 Å². The summed E-state index contributed by atoms with van der Waals surface area (Å²) in [5, 5.41) is 23.5. The lowest BCUT2D eigenvalue weighted by molar-refractivity contribution is -0.384. The fourth-order valence-electron chi connectivity index (χ4n) is 3.22. The summed E-state index contributed by atoms with van der Waals surface area (Å²) < 4.78 is 47.6. The Morgan fingerprint density at radius 3 is 2.00 bits per heavy atom. The van der Waals surface area contributed by atoms with Crippen molar-refractivity contribution in [2.45, 2.75) is 30.7 Å². The first-order chi connectivity index (χ1) is 16.4. The molecule has 1 amide bonds. The molecular weight excluding hydrogens is 477 g/mol. The average molecular weight is 498 g/mol. The molecule has 13 heteroatoms. The number of esters is 2. The molecule has 0 heterocycles. The lowest BCUT2D eigenvalue weighted by Crippen LogP contribution is -2.47. The molecule has 0 unspecified atom stereocenters. The summed E-state index contributed by atoms with van der Waals surface area (Å²) >= 11 is 0. The second-order valence-corrected chi connectivity index (χ2v) is 7.27. The largest absolute Gasteiger partial charge is 0.469 e. The molecule has 0 aromatic heterocycles. The lowest BCUT2D eigenvalue weighted by Gasteiger charge is -2.27. The topological polar surface area (TPSA) is 145 Å². The van der Waals surface area contributed by atoms with Crippen LogP contribution in [0.3, 0.4) is 0 Å². The van der Waals surface area contributed by atoms with E-state index in [1.807, 2.05) is 0 Å². The van der Waals surface area contributed by atoms with E-state index in [9.17, 15) is 42.8 Å². The van der Waals surface area contributed by atoms with Crippen molar-refractivity contribution in [3.05, 3.63) is 75.3 Å². The number of aliphatic hydroxyl groups excluding tert-OH is 1. The van der Waals surface area contributed by atoms with Gasteiger partial charge in [-0.05, 0) is 23.3 Å². The van der Waals surface area contributed by atoms with Gasteiger partial charge in [0, 0.05) is 18.1 Å². The molecule has 0 saturated heterocycles. The van der Waals surface area contributed by atoms with Crippen molar-refractivity contribution in [1.82, 2.24) is 5.32 Å². The molecule has 0 aliphatic heterocycles. The molecule has 0 fully saturated rings. The lowest BCUT2D eigenvalue weighted by atomic mass is 9.88. The van der Waals surface area contributed by atoms with E-state index >= 15 is 0 Å². The van der Waals surface area contributed by atoms with Crippen LogP contribution in [0.1, 0.15) is 35.1 Å². The average Bonchev–Trinajstić information content (AvgIpc) is 2.84. The third-order valence-corrected chi connectivity index (χ3v) is 5.10.